The lowest BCUT2D eigenvalue weighted by Gasteiger charge is -2.17. The molecule has 3 aromatic rings. The molecular weight excluding hydrogens is 387 g/mol. The molecule has 0 saturated heterocycles. The molecule has 0 bridgehead atoms. The van der Waals surface area contributed by atoms with Crippen LogP contribution in [0.5, 0.6) is 0 Å². The Hall–Kier alpha value is -2.83. The average Bonchev–Trinajstić information content (AvgIpc) is 3.09. The Morgan fingerprint density at radius 2 is 1.93 bits per heavy atom. The van der Waals surface area contributed by atoms with Crippen molar-refractivity contribution in [2.75, 3.05) is 4.90 Å². The topological polar surface area (TPSA) is 50.3 Å². The first kappa shape index (κ1) is 18.9. The van der Waals surface area contributed by atoms with E-state index in [9.17, 15) is 14.0 Å². The van der Waals surface area contributed by atoms with E-state index in [4.69, 9.17) is 11.6 Å². The fraction of sp³-hybridized carbons (Fsp3) is 0.0500. The number of nitrogens with zero attached hydrogens (tertiary/aromatic N) is 2. The Bertz CT molecular complexity index is 1020. The number of hydrogen-bond donors (Lipinski definition) is 0. The Morgan fingerprint density at radius 3 is 2.59 bits per heavy atom. The molecule has 4 nitrogen and oxygen atoms in total. The number of benzene rings is 2. The second kappa shape index (κ2) is 8.24. The van der Waals surface area contributed by atoms with E-state index in [1.807, 2.05) is 30.3 Å². The second-order valence-corrected chi connectivity index (χ2v) is 6.81. The van der Waals surface area contributed by atoms with Crippen molar-refractivity contribution in [2.45, 2.75) is 6.92 Å². The molecule has 1 heterocycles. The molecular formula is C20H14ClFN2O2S. The molecule has 27 heavy (non-hydrogen) atoms. The van der Waals surface area contributed by atoms with Gasteiger partial charge in [-0.05, 0) is 42.5 Å². The normalized spacial score (nSPS) is 10.9. The van der Waals surface area contributed by atoms with Gasteiger partial charge < -0.3 is 0 Å². The number of anilines is 2. The molecule has 0 radical (unpaired) electrons. The summed E-state index contributed by atoms with van der Waals surface area (Å²) in [5.41, 5.74) is 1.45. The maximum Gasteiger partial charge on any atom is 0.230 e. The van der Waals surface area contributed by atoms with Crippen LogP contribution in [-0.4, -0.2) is 16.7 Å². The number of carbonyl (C=O) groups is 2. The SMILES string of the molecule is CC(=O)N(c1ccccc1)c1nc(/C=C/C(=O)c2ccc(F)cc2Cl)cs1. The fourth-order valence-electron chi connectivity index (χ4n) is 2.40. The monoisotopic (exact) mass is 400 g/mol. The molecule has 0 saturated carbocycles. The number of allylic oxidation sites excluding steroid dienone is 1. The van der Waals surface area contributed by atoms with Crippen LogP contribution in [0.1, 0.15) is 23.0 Å². The van der Waals surface area contributed by atoms with Gasteiger partial charge in [0.1, 0.15) is 5.82 Å². The molecule has 7 heteroatoms. The maximum absolute atomic E-state index is 13.1. The van der Waals surface area contributed by atoms with Crippen LogP contribution in [0.2, 0.25) is 5.02 Å². The van der Waals surface area contributed by atoms with Crippen molar-refractivity contribution in [1.29, 1.82) is 0 Å². The summed E-state index contributed by atoms with van der Waals surface area (Å²) >= 11 is 7.19. The smallest absolute Gasteiger partial charge is 0.230 e. The van der Waals surface area contributed by atoms with Crippen LogP contribution in [0.3, 0.4) is 0 Å². The van der Waals surface area contributed by atoms with Crippen LogP contribution in [0.25, 0.3) is 6.08 Å². The minimum atomic E-state index is -0.505. The highest BCUT2D eigenvalue weighted by molar-refractivity contribution is 7.14. The summed E-state index contributed by atoms with van der Waals surface area (Å²) in [5.74, 6) is -1.03. The predicted molar refractivity (Wildman–Crippen MR) is 106 cm³/mol. The van der Waals surface area contributed by atoms with Crippen LogP contribution in [-0.2, 0) is 4.79 Å². The fourth-order valence-corrected chi connectivity index (χ4v) is 3.51. The molecule has 0 spiro atoms. The summed E-state index contributed by atoms with van der Waals surface area (Å²) < 4.78 is 13.1. The van der Waals surface area contributed by atoms with E-state index in [1.54, 1.807) is 5.38 Å². The van der Waals surface area contributed by atoms with E-state index >= 15 is 0 Å². The van der Waals surface area contributed by atoms with E-state index < -0.39 is 5.82 Å². The third kappa shape index (κ3) is 4.48. The molecule has 1 aromatic heterocycles. The largest absolute Gasteiger partial charge is 0.289 e. The lowest BCUT2D eigenvalue weighted by Crippen LogP contribution is -2.22. The number of aromatic nitrogens is 1. The van der Waals surface area contributed by atoms with Crippen LogP contribution in [0.4, 0.5) is 15.2 Å². The Kier molecular flexibility index (Phi) is 5.78. The first-order chi connectivity index (χ1) is 13.0. The summed E-state index contributed by atoms with van der Waals surface area (Å²) in [7, 11) is 0. The third-order valence-corrected chi connectivity index (χ3v) is 4.79. The number of carbonyl (C=O) groups excluding carboxylic acids is 2. The van der Waals surface area contributed by atoms with Crippen molar-refractivity contribution in [3.05, 3.63) is 82.1 Å². The van der Waals surface area contributed by atoms with Crippen LogP contribution in [0.15, 0.2) is 60.0 Å². The van der Waals surface area contributed by atoms with Gasteiger partial charge in [-0.25, -0.2) is 9.37 Å². The summed E-state index contributed by atoms with van der Waals surface area (Å²) in [6, 6.07) is 12.8. The van der Waals surface area contributed by atoms with Crippen molar-refractivity contribution >= 4 is 51.5 Å². The Labute approximate surface area is 164 Å². The predicted octanol–water partition coefficient (Wildman–Crippen LogP) is 5.52. The molecule has 136 valence electrons. The van der Waals surface area contributed by atoms with Crippen molar-refractivity contribution in [2.24, 2.45) is 0 Å². The highest BCUT2D eigenvalue weighted by Crippen LogP contribution is 2.29. The van der Waals surface area contributed by atoms with Crippen molar-refractivity contribution < 1.29 is 14.0 Å². The van der Waals surface area contributed by atoms with Gasteiger partial charge in [-0.2, -0.15) is 0 Å². The van der Waals surface area contributed by atoms with Gasteiger partial charge in [0.2, 0.25) is 5.91 Å². The van der Waals surface area contributed by atoms with Gasteiger partial charge in [-0.3, -0.25) is 14.5 Å². The van der Waals surface area contributed by atoms with E-state index in [0.717, 1.165) is 6.07 Å². The molecule has 0 aliphatic rings. The molecule has 3 rings (SSSR count). The standard InChI is InChI=1S/C20H14ClFN2O2S/c1-13(25)24(16-5-3-2-4-6-16)20-23-15(12-27-20)8-10-19(26)17-9-7-14(22)11-18(17)21/h2-12H,1H3/b10-8+. The van der Waals surface area contributed by atoms with Gasteiger partial charge in [-0.15, -0.1) is 11.3 Å². The van der Waals surface area contributed by atoms with Crippen molar-refractivity contribution in [1.82, 2.24) is 4.98 Å². The Balaban J connectivity index is 1.81. The second-order valence-electron chi connectivity index (χ2n) is 5.57. The number of ketones is 1. The van der Waals surface area contributed by atoms with Gasteiger partial charge in [0.15, 0.2) is 10.9 Å². The zero-order chi connectivity index (χ0) is 19.4. The highest BCUT2D eigenvalue weighted by atomic mass is 35.5. The minimum Gasteiger partial charge on any atom is -0.289 e. The number of rotatable bonds is 5. The number of halogens is 2. The minimum absolute atomic E-state index is 0.0513. The molecule has 2 aromatic carbocycles. The maximum atomic E-state index is 13.1. The van der Waals surface area contributed by atoms with E-state index in [0.29, 0.717) is 16.5 Å². The molecule has 0 N–H and O–H groups in total. The molecule has 0 aliphatic heterocycles. The highest BCUT2D eigenvalue weighted by Gasteiger charge is 2.17. The van der Waals surface area contributed by atoms with Gasteiger partial charge >= 0.3 is 0 Å². The van der Waals surface area contributed by atoms with Crippen LogP contribution < -0.4 is 4.90 Å². The number of amides is 1. The van der Waals surface area contributed by atoms with Gasteiger partial charge in [0, 0.05) is 17.9 Å². The van der Waals surface area contributed by atoms with Crippen LogP contribution in [0, 0.1) is 5.82 Å². The summed E-state index contributed by atoms with van der Waals surface area (Å²) in [6.45, 7) is 1.46. The van der Waals surface area contributed by atoms with Gasteiger partial charge in [-0.1, -0.05) is 29.8 Å². The number of para-hydroxylation sites is 1. The first-order valence-electron chi connectivity index (χ1n) is 7.94. The van der Waals surface area contributed by atoms with E-state index in [2.05, 4.69) is 4.98 Å². The summed E-state index contributed by atoms with van der Waals surface area (Å²) in [6.07, 6.45) is 2.85. The van der Waals surface area contributed by atoms with E-state index in [-0.39, 0.29) is 22.3 Å². The number of thiazole rings is 1. The molecule has 0 aliphatic carbocycles. The molecule has 0 unspecified atom stereocenters. The lowest BCUT2D eigenvalue weighted by molar-refractivity contribution is -0.115. The van der Waals surface area contributed by atoms with E-state index in [1.165, 1.54) is 47.4 Å². The van der Waals surface area contributed by atoms with Crippen LogP contribution >= 0.6 is 22.9 Å². The lowest BCUT2D eigenvalue weighted by atomic mass is 10.1. The summed E-state index contributed by atoms with van der Waals surface area (Å²) in [5, 5.41) is 2.29. The first-order valence-corrected chi connectivity index (χ1v) is 9.20. The van der Waals surface area contributed by atoms with Gasteiger partial charge in [0.05, 0.1) is 16.4 Å². The molecule has 0 fully saturated rings. The van der Waals surface area contributed by atoms with Crippen molar-refractivity contribution in [3.8, 4) is 0 Å². The third-order valence-electron chi connectivity index (χ3n) is 3.63. The quantitative estimate of drug-likeness (QED) is 0.418. The number of hydrogen-bond acceptors (Lipinski definition) is 4. The molecule has 0 atom stereocenters. The van der Waals surface area contributed by atoms with Crippen molar-refractivity contribution in [3.63, 3.8) is 0 Å². The zero-order valence-corrected chi connectivity index (χ0v) is 15.8. The molecule has 1 amide bonds. The summed E-state index contributed by atoms with van der Waals surface area (Å²) in [4.78, 5) is 30.2. The zero-order valence-electron chi connectivity index (χ0n) is 14.2. The Morgan fingerprint density at radius 1 is 1.19 bits per heavy atom. The average molecular weight is 401 g/mol. The van der Waals surface area contributed by atoms with Gasteiger partial charge in [0.25, 0.3) is 0 Å².